The summed E-state index contributed by atoms with van der Waals surface area (Å²) in [7, 11) is 0. The van der Waals surface area contributed by atoms with Crippen molar-refractivity contribution >= 4 is 11.8 Å². The van der Waals surface area contributed by atoms with Crippen molar-refractivity contribution in [2.75, 3.05) is 13.2 Å². The Morgan fingerprint density at radius 3 is 2.88 bits per heavy atom. The molecule has 0 aromatic carbocycles. The highest BCUT2D eigenvalue weighted by Crippen LogP contribution is 2.37. The molecule has 16 heavy (non-hydrogen) atoms. The van der Waals surface area contributed by atoms with Gasteiger partial charge in [0.1, 0.15) is 0 Å². The van der Waals surface area contributed by atoms with Gasteiger partial charge in [0.25, 0.3) is 0 Å². The van der Waals surface area contributed by atoms with Crippen molar-refractivity contribution in [3.8, 4) is 0 Å². The molecule has 2 nitrogen and oxygen atoms in total. The molecule has 0 amide bonds. The summed E-state index contributed by atoms with van der Waals surface area (Å²) >= 11 is 2.20. The summed E-state index contributed by atoms with van der Waals surface area (Å²) < 4.78 is 5.63. The lowest BCUT2D eigenvalue weighted by Gasteiger charge is -2.18. The quantitative estimate of drug-likeness (QED) is 0.802. The summed E-state index contributed by atoms with van der Waals surface area (Å²) in [4.78, 5) is 0. The standard InChI is InChI=1S/C13H25NOS/c1-3-7-14-11-4-5-12(9-11)16-13-6-8-15-10(13)2/h10-14H,3-9H2,1-2H3. The van der Waals surface area contributed by atoms with Crippen molar-refractivity contribution in [2.24, 2.45) is 0 Å². The third kappa shape index (κ3) is 3.38. The fourth-order valence-electron chi connectivity index (χ4n) is 2.74. The maximum absolute atomic E-state index is 5.63. The number of thioether (sulfide) groups is 1. The monoisotopic (exact) mass is 243 g/mol. The molecule has 2 rings (SSSR count). The average molecular weight is 243 g/mol. The lowest BCUT2D eigenvalue weighted by atomic mass is 10.2. The van der Waals surface area contributed by atoms with Gasteiger partial charge in [-0.25, -0.2) is 0 Å². The smallest absolute Gasteiger partial charge is 0.0666 e. The Morgan fingerprint density at radius 1 is 1.31 bits per heavy atom. The molecule has 1 saturated heterocycles. The van der Waals surface area contributed by atoms with Crippen molar-refractivity contribution in [2.45, 2.75) is 68.6 Å². The summed E-state index contributed by atoms with van der Waals surface area (Å²) in [5.41, 5.74) is 0. The van der Waals surface area contributed by atoms with Crippen LogP contribution >= 0.6 is 11.8 Å². The zero-order chi connectivity index (χ0) is 11.4. The second-order valence-corrected chi connectivity index (χ2v) is 6.67. The molecule has 1 N–H and O–H groups in total. The minimum Gasteiger partial charge on any atom is -0.377 e. The minimum absolute atomic E-state index is 0.479. The van der Waals surface area contributed by atoms with E-state index in [1.807, 2.05) is 0 Å². The van der Waals surface area contributed by atoms with E-state index in [0.717, 1.165) is 23.1 Å². The second kappa shape index (κ2) is 6.27. The van der Waals surface area contributed by atoms with E-state index in [0.29, 0.717) is 6.10 Å². The van der Waals surface area contributed by atoms with Crippen LogP contribution in [0.5, 0.6) is 0 Å². The maximum Gasteiger partial charge on any atom is 0.0666 e. The summed E-state index contributed by atoms with van der Waals surface area (Å²) in [6, 6.07) is 0.787. The zero-order valence-electron chi connectivity index (χ0n) is 10.6. The molecule has 1 heterocycles. The van der Waals surface area contributed by atoms with Gasteiger partial charge in [-0.2, -0.15) is 11.8 Å². The van der Waals surface area contributed by atoms with Crippen LogP contribution in [0.25, 0.3) is 0 Å². The van der Waals surface area contributed by atoms with Gasteiger partial charge in [0, 0.05) is 23.1 Å². The molecule has 0 aromatic heterocycles. The molecule has 0 spiro atoms. The van der Waals surface area contributed by atoms with E-state index in [9.17, 15) is 0 Å². The van der Waals surface area contributed by atoms with Crippen LogP contribution in [0.15, 0.2) is 0 Å². The van der Waals surface area contributed by atoms with Gasteiger partial charge in [-0.1, -0.05) is 6.92 Å². The Hall–Kier alpha value is 0.270. The lowest BCUT2D eigenvalue weighted by Crippen LogP contribution is -2.27. The normalized spacial score (nSPS) is 39.4. The first-order valence-electron chi connectivity index (χ1n) is 6.80. The summed E-state index contributed by atoms with van der Waals surface area (Å²) in [5, 5.41) is 5.29. The van der Waals surface area contributed by atoms with Gasteiger partial charge in [-0.15, -0.1) is 0 Å². The molecule has 0 aromatic rings. The molecule has 1 aliphatic carbocycles. The van der Waals surface area contributed by atoms with E-state index in [-0.39, 0.29) is 0 Å². The van der Waals surface area contributed by atoms with E-state index in [4.69, 9.17) is 4.74 Å². The zero-order valence-corrected chi connectivity index (χ0v) is 11.4. The Morgan fingerprint density at radius 2 is 2.19 bits per heavy atom. The fraction of sp³-hybridized carbons (Fsp3) is 1.00. The van der Waals surface area contributed by atoms with E-state index in [1.165, 1.54) is 38.6 Å². The Bertz CT molecular complexity index is 212. The first kappa shape index (κ1) is 12.7. The largest absolute Gasteiger partial charge is 0.377 e. The third-order valence-electron chi connectivity index (χ3n) is 3.74. The summed E-state index contributed by atoms with van der Waals surface area (Å²) in [6.07, 6.45) is 7.13. The van der Waals surface area contributed by atoms with Crippen LogP contribution in [-0.2, 0) is 4.74 Å². The number of hydrogen-bond acceptors (Lipinski definition) is 3. The van der Waals surface area contributed by atoms with Gasteiger partial charge >= 0.3 is 0 Å². The topological polar surface area (TPSA) is 21.3 Å². The Balaban J connectivity index is 1.68. The SMILES string of the molecule is CCCNC1CCC(SC2CCOC2C)C1. The molecule has 0 radical (unpaired) electrons. The lowest BCUT2D eigenvalue weighted by molar-refractivity contribution is 0.127. The number of hydrogen-bond donors (Lipinski definition) is 1. The molecular formula is C13H25NOS. The van der Waals surface area contributed by atoms with Gasteiger partial charge in [0.2, 0.25) is 0 Å². The summed E-state index contributed by atoms with van der Waals surface area (Å²) in [6.45, 7) is 6.63. The Kier molecular flexibility index (Phi) is 4.98. The molecule has 4 unspecified atom stereocenters. The minimum atomic E-state index is 0.479. The molecule has 1 saturated carbocycles. The Labute approximate surface area is 104 Å². The van der Waals surface area contributed by atoms with Crippen molar-refractivity contribution < 1.29 is 4.74 Å². The van der Waals surface area contributed by atoms with Gasteiger partial charge in [-0.05, 0) is 45.6 Å². The summed E-state index contributed by atoms with van der Waals surface area (Å²) in [5.74, 6) is 0. The van der Waals surface area contributed by atoms with Crippen LogP contribution in [0.2, 0.25) is 0 Å². The van der Waals surface area contributed by atoms with Crippen molar-refractivity contribution in [1.29, 1.82) is 0 Å². The highest BCUT2D eigenvalue weighted by atomic mass is 32.2. The molecule has 2 fully saturated rings. The molecule has 1 aliphatic heterocycles. The molecule has 0 bridgehead atoms. The van der Waals surface area contributed by atoms with Gasteiger partial charge in [-0.3, -0.25) is 0 Å². The van der Waals surface area contributed by atoms with E-state index >= 15 is 0 Å². The second-order valence-electron chi connectivity index (χ2n) is 5.13. The maximum atomic E-state index is 5.63. The predicted molar refractivity (Wildman–Crippen MR) is 71.1 cm³/mol. The fourth-order valence-corrected chi connectivity index (χ4v) is 4.38. The van der Waals surface area contributed by atoms with E-state index in [1.54, 1.807) is 0 Å². The van der Waals surface area contributed by atoms with E-state index in [2.05, 4.69) is 30.9 Å². The van der Waals surface area contributed by atoms with Crippen LogP contribution < -0.4 is 5.32 Å². The highest BCUT2D eigenvalue weighted by molar-refractivity contribution is 8.00. The first-order valence-corrected chi connectivity index (χ1v) is 7.74. The first-order chi connectivity index (χ1) is 7.79. The van der Waals surface area contributed by atoms with Crippen molar-refractivity contribution in [1.82, 2.24) is 5.32 Å². The highest BCUT2D eigenvalue weighted by Gasteiger charge is 2.31. The van der Waals surface area contributed by atoms with Crippen LogP contribution in [0.3, 0.4) is 0 Å². The van der Waals surface area contributed by atoms with Crippen LogP contribution in [-0.4, -0.2) is 35.8 Å². The van der Waals surface area contributed by atoms with Gasteiger partial charge < -0.3 is 10.1 Å². The molecule has 3 heteroatoms. The van der Waals surface area contributed by atoms with Crippen LogP contribution in [0, 0.1) is 0 Å². The van der Waals surface area contributed by atoms with Crippen molar-refractivity contribution in [3.63, 3.8) is 0 Å². The number of rotatable bonds is 5. The van der Waals surface area contributed by atoms with Crippen LogP contribution in [0.4, 0.5) is 0 Å². The van der Waals surface area contributed by atoms with Gasteiger partial charge in [0.15, 0.2) is 0 Å². The van der Waals surface area contributed by atoms with Gasteiger partial charge in [0.05, 0.1) is 6.10 Å². The van der Waals surface area contributed by atoms with Crippen LogP contribution in [0.1, 0.15) is 46.0 Å². The third-order valence-corrected chi connectivity index (χ3v) is 5.52. The molecular weight excluding hydrogens is 218 g/mol. The van der Waals surface area contributed by atoms with E-state index < -0.39 is 0 Å². The number of ether oxygens (including phenoxy) is 1. The average Bonchev–Trinajstić information content (AvgIpc) is 2.87. The number of nitrogens with one attached hydrogen (secondary N) is 1. The molecule has 4 atom stereocenters. The molecule has 2 aliphatic rings. The predicted octanol–water partition coefficient (Wildman–Crippen LogP) is 2.82. The molecule has 94 valence electrons. The van der Waals surface area contributed by atoms with Crippen molar-refractivity contribution in [3.05, 3.63) is 0 Å².